The number of fused-ring (bicyclic) bond motifs is 1. The molecule has 0 radical (unpaired) electrons. The number of benzene rings is 1. The minimum atomic E-state index is -0.171. The van der Waals surface area contributed by atoms with Crippen LogP contribution in [0.3, 0.4) is 0 Å². The molecule has 0 amide bonds. The highest BCUT2D eigenvalue weighted by atomic mass is 32.1. The molecular weight excluding hydrogens is 210 g/mol. The Bertz CT molecular complexity index is 367. The van der Waals surface area contributed by atoms with Crippen molar-refractivity contribution in [3.8, 4) is 11.5 Å². The number of rotatable bonds is 2. The first-order valence-corrected chi connectivity index (χ1v) is 5.38. The highest BCUT2D eigenvalue weighted by Crippen LogP contribution is 2.30. The molecule has 15 heavy (non-hydrogen) atoms. The van der Waals surface area contributed by atoms with Crippen LogP contribution in [0.1, 0.15) is 6.92 Å². The zero-order valence-electron chi connectivity index (χ0n) is 8.53. The van der Waals surface area contributed by atoms with Crippen molar-refractivity contribution in [3.05, 3.63) is 24.3 Å². The Hall–Kier alpha value is -1.29. The molecule has 1 aromatic rings. The highest BCUT2D eigenvalue weighted by Gasteiger charge is 2.23. The average molecular weight is 223 g/mol. The molecule has 1 N–H and O–H groups in total. The number of hydrogen-bond donors (Lipinski definition) is 1. The van der Waals surface area contributed by atoms with E-state index in [0.717, 1.165) is 18.0 Å². The van der Waals surface area contributed by atoms with E-state index in [1.165, 1.54) is 0 Å². The number of ether oxygens (including phenoxy) is 2. The summed E-state index contributed by atoms with van der Waals surface area (Å²) in [6.07, 6.45) is -0.171. The van der Waals surface area contributed by atoms with Crippen molar-refractivity contribution in [2.45, 2.75) is 13.0 Å². The van der Waals surface area contributed by atoms with Crippen molar-refractivity contribution >= 4 is 17.2 Å². The van der Waals surface area contributed by atoms with Crippen LogP contribution in [0, 0.1) is 0 Å². The Kier molecular flexibility index (Phi) is 3.06. The van der Waals surface area contributed by atoms with Crippen molar-refractivity contribution in [2.75, 3.05) is 13.2 Å². The summed E-state index contributed by atoms with van der Waals surface area (Å²) < 4.78 is 11.3. The topological polar surface area (TPSA) is 30.5 Å². The lowest BCUT2D eigenvalue weighted by atomic mass is 10.2. The molecule has 3 nitrogen and oxygen atoms in total. The summed E-state index contributed by atoms with van der Waals surface area (Å²) in [5, 5.41) is 3.07. The summed E-state index contributed by atoms with van der Waals surface area (Å²) in [5.74, 6) is 1.54. The van der Waals surface area contributed by atoms with Gasteiger partial charge in [0.05, 0.1) is 0 Å². The quantitative estimate of drug-likeness (QED) is 0.774. The number of thiocarbonyl (C=S) groups is 1. The monoisotopic (exact) mass is 223 g/mol. The summed E-state index contributed by atoms with van der Waals surface area (Å²) >= 11 is 5.19. The maximum Gasteiger partial charge on any atom is 0.182 e. The van der Waals surface area contributed by atoms with Crippen LogP contribution in [0.4, 0.5) is 0 Å². The molecule has 0 aliphatic carbocycles. The second kappa shape index (κ2) is 4.49. The van der Waals surface area contributed by atoms with Crippen LogP contribution >= 0.6 is 12.2 Å². The van der Waals surface area contributed by atoms with E-state index in [4.69, 9.17) is 21.7 Å². The van der Waals surface area contributed by atoms with Crippen LogP contribution in [0.2, 0.25) is 0 Å². The third-order valence-corrected chi connectivity index (χ3v) is 2.56. The fraction of sp³-hybridized carbons (Fsp3) is 0.364. The molecule has 0 unspecified atom stereocenters. The van der Waals surface area contributed by atoms with Crippen molar-refractivity contribution in [2.24, 2.45) is 0 Å². The highest BCUT2D eigenvalue weighted by molar-refractivity contribution is 7.80. The molecule has 0 aromatic heterocycles. The fourth-order valence-electron chi connectivity index (χ4n) is 1.44. The van der Waals surface area contributed by atoms with Crippen LogP contribution in [0.15, 0.2) is 24.3 Å². The van der Waals surface area contributed by atoms with E-state index in [1.54, 1.807) is 0 Å². The molecule has 1 atom stereocenters. The lowest BCUT2D eigenvalue weighted by Gasteiger charge is -2.26. The first-order valence-electron chi connectivity index (χ1n) is 4.97. The minimum absolute atomic E-state index is 0.171. The van der Waals surface area contributed by atoms with Gasteiger partial charge in [-0.25, -0.2) is 0 Å². The van der Waals surface area contributed by atoms with Gasteiger partial charge >= 0.3 is 0 Å². The molecule has 1 heterocycles. The summed E-state index contributed by atoms with van der Waals surface area (Å²) in [7, 11) is 0. The molecule has 1 aliphatic heterocycles. The molecule has 4 heteroatoms. The molecule has 0 fully saturated rings. The van der Waals surface area contributed by atoms with Gasteiger partial charge in [0.15, 0.2) is 17.6 Å². The third-order valence-electron chi connectivity index (χ3n) is 2.15. The molecule has 1 aliphatic rings. The Morgan fingerprint density at radius 1 is 1.47 bits per heavy atom. The fourth-order valence-corrected chi connectivity index (χ4v) is 1.70. The molecule has 1 aromatic carbocycles. The first kappa shape index (κ1) is 10.2. The van der Waals surface area contributed by atoms with Crippen LogP contribution in [0.5, 0.6) is 11.5 Å². The third kappa shape index (κ3) is 2.21. The van der Waals surface area contributed by atoms with Crippen molar-refractivity contribution < 1.29 is 9.47 Å². The van der Waals surface area contributed by atoms with Gasteiger partial charge in [-0.1, -0.05) is 24.4 Å². The second-order valence-corrected chi connectivity index (χ2v) is 3.70. The van der Waals surface area contributed by atoms with Crippen LogP contribution in [-0.2, 0) is 0 Å². The molecule has 80 valence electrons. The maximum atomic E-state index is 5.72. The molecule has 0 saturated heterocycles. The zero-order chi connectivity index (χ0) is 10.7. The summed E-state index contributed by atoms with van der Waals surface area (Å²) in [4.78, 5) is 0.701. The number of para-hydroxylation sites is 2. The van der Waals surface area contributed by atoms with Gasteiger partial charge in [0, 0.05) is 6.54 Å². The van der Waals surface area contributed by atoms with Crippen LogP contribution < -0.4 is 14.8 Å². The van der Waals surface area contributed by atoms with E-state index in [1.807, 2.05) is 31.2 Å². The molecular formula is C11H13NO2S. The molecule has 0 bridgehead atoms. The van der Waals surface area contributed by atoms with Crippen LogP contribution in [0.25, 0.3) is 0 Å². The smallest absolute Gasteiger partial charge is 0.182 e. The van der Waals surface area contributed by atoms with Gasteiger partial charge in [-0.2, -0.15) is 0 Å². The predicted molar refractivity (Wildman–Crippen MR) is 62.6 cm³/mol. The van der Waals surface area contributed by atoms with Gasteiger partial charge in [0.1, 0.15) is 11.6 Å². The lowest BCUT2D eigenvalue weighted by molar-refractivity contribution is 0.134. The van der Waals surface area contributed by atoms with Gasteiger partial charge in [-0.05, 0) is 19.1 Å². The van der Waals surface area contributed by atoms with Gasteiger partial charge in [0.25, 0.3) is 0 Å². The average Bonchev–Trinajstić information content (AvgIpc) is 2.29. The summed E-state index contributed by atoms with van der Waals surface area (Å²) in [6.45, 7) is 3.28. The largest absolute Gasteiger partial charge is 0.485 e. The van der Waals surface area contributed by atoms with E-state index in [0.29, 0.717) is 11.6 Å². The molecule has 0 saturated carbocycles. The Morgan fingerprint density at radius 3 is 2.93 bits per heavy atom. The second-order valence-electron chi connectivity index (χ2n) is 3.26. The summed E-state index contributed by atoms with van der Waals surface area (Å²) in [6, 6.07) is 7.61. The van der Waals surface area contributed by atoms with Gasteiger partial charge in [-0.15, -0.1) is 0 Å². The maximum absolute atomic E-state index is 5.72. The van der Waals surface area contributed by atoms with E-state index < -0.39 is 0 Å². The van der Waals surface area contributed by atoms with Crippen LogP contribution in [-0.4, -0.2) is 24.2 Å². The van der Waals surface area contributed by atoms with Crippen molar-refractivity contribution in [1.29, 1.82) is 0 Å². The van der Waals surface area contributed by atoms with E-state index in [2.05, 4.69) is 5.32 Å². The Morgan fingerprint density at radius 2 is 2.20 bits per heavy atom. The zero-order valence-corrected chi connectivity index (χ0v) is 9.34. The van der Waals surface area contributed by atoms with Crippen molar-refractivity contribution in [1.82, 2.24) is 5.32 Å². The number of hydrogen-bond acceptors (Lipinski definition) is 3. The van der Waals surface area contributed by atoms with Crippen molar-refractivity contribution in [3.63, 3.8) is 0 Å². The lowest BCUT2D eigenvalue weighted by Crippen LogP contribution is -2.42. The van der Waals surface area contributed by atoms with E-state index in [9.17, 15) is 0 Å². The first-order chi connectivity index (χ1) is 7.31. The van der Waals surface area contributed by atoms with Gasteiger partial charge in [0.2, 0.25) is 0 Å². The van der Waals surface area contributed by atoms with E-state index in [-0.39, 0.29) is 6.10 Å². The Balaban J connectivity index is 2.08. The number of likely N-dealkylation sites (N-methyl/N-ethyl adjacent to an activating group) is 1. The molecule has 2 rings (SSSR count). The van der Waals surface area contributed by atoms with Gasteiger partial charge in [-0.3, -0.25) is 0 Å². The van der Waals surface area contributed by atoms with E-state index >= 15 is 0 Å². The predicted octanol–water partition coefficient (Wildman–Crippen LogP) is 1.76. The SMILES string of the molecule is CCNC(=S)[C@H]1COc2ccccc2O1. The standard InChI is InChI=1S/C11H13NO2S/c1-2-12-11(15)10-7-13-8-5-3-4-6-9(8)14-10/h3-6,10H,2,7H2,1H3,(H,12,15)/t10-/m1/s1. The summed E-state index contributed by atoms with van der Waals surface area (Å²) in [5.41, 5.74) is 0. The normalized spacial score (nSPS) is 18.3. The Labute approximate surface area is 94.4 Å². The molecule has 0 spiro atoms. The van der Waals surface area contributed by atoms with Gasteiger partial charge < -0.3 is 14.8 Å². The number of nitrogens with one attached hydrogen (secondary N) is 1. The minimum Gasteiger partial charge on any atom is -0.485 e.